The molecule has 5 aromatic rings. The van der Waals surface area contributed by atoms with Crippen LogP contribution in [0.2, 0.25) is 0 Å². The van der Waals surface area contributed by atoms with Gasteiger partial charge in [0.05, 0.1) is 34.4 Å². The van der Waals surface area contributed by atoms with Gasteiger partial charge in [-0.3, -0.25) is 38.6 Å². The van der Waals surface area contributed by atoms with Gasteiger partial charge >= 0.3 is 0 Å². The van der Waals surface area contributed by atoms with Crippen molar-refractivity contribution in [2.75, 3.05) is 11.9 Å². The van der Waals surface area contributed by atoms with E-state index in [-0.39, 0.29) is 18.9 Å². The third kappa shape index (κ3) is 7.26. The first kappa shape index (κ1) is 35.5. The minimum absolute atomic E-state index is 0.0177. The van der Waals surface area contributed by atoms with Crippen molar-refractivity contribution >= 4 is 41.2 Å². The molecule has 0 aliphatic carbocycles. The number of aromatic nitrogens is 5. The number of fused-ring (bicyclic) bond motifs is 4. The second-order valence-corrected chi connectivity index (χ2v) is 14.1. The number of hydrogen-bond acceptors (Lipinski definition) is 10. The maximum atomic E-state index is 13.4. The van der Waals surface area contributed by atoms with Crippen molar-refractivity contribution in [1.29, 1.82) is 0 Å². The fourth-order valence-electron chi connectivity index (χ4n) is 6.68. The standard InChI is InChI=1S/C39H38N8O5S/c1-24(13-16-34(49)41-23-48)46-37(50)29-11-7-12-32(35(29)38(46)51)40-17-8-18-45-21-28(20-42-45)14-15-33-30(19-27-9-5-4-6-10-27)31-22-52-25(2)36-44-43-26(3)47(36)39(31)53-33/h4-7,9-12,20-21,23-25,40H,8,13,16-19,22H2,1-3H3,(H,41,48,49)/t24?,25-/m0/s1. The maximum absolute atomic E-state index is 13.4. The zero-order valence-corrected chi connectivity index (χ0v) is 30.4. The Kier molecular flexibility index (Phi) is 10.3. The average molecular weight is 731 g/mol. The molecule has 4 amide bonds. The van der Waals surface area contributed by atoms with Crippen LogP contribution in [-0.4, -0.2) is 66.2 Å². The molecule has 0 saturated heterocycles. The molecule has 2 aliphatic rings. The number of amides is 4. The van der Waals surface area contributed by atoms with E-state index in [1.165, 1.54) is 10.5 Å². The Morgan fingerprint density at radius 2 is 1.94 bits per heavy atom. The Bertz CT molecular complexity index is 2260. The molecule has 1 unspecified atom stereocenters. The minimum Gasteiger partial charge on any atom is -0.384 e. The summed E-state index contributed by atoms with van der Waals surface area (Å²) in [5.41, 5.74) is 5.47. The van der Waals surface area contributed by atoms with Crippen molar-refractivity contribution in [2.24, 2.45) is 0 Å². The van der Waals surface area contributed by atoms with Crippen LogP contribution in [0, 0.1) is 18.8 Å². The number of imide groups is 2. The number of aryl methyl sites for hydroxylation is 2. The van der Waals surface area contributed by atoms with E-state index in [2.05, 4.69) is 54.5 Å². The Balaban J connectivity index is 1.02. The summed E-state index contributed by atoms with van der Waals surface area (Å²) >= 11 is 1.63. The first-order valence-electron chi connectivity index (χ1n) is 17.5. The molecule has 53 heavy (non-hydrogen) atoms. The summed E-state index contributed by atoms with van der Waals surface area (Å²) in [6, 6.07) is 15.0. The summed E-state index contributed by atoms with van der Waals surface area (Å²) in [6.45, 7) is 7.28. The summed E-state index contributed by atoms with van der Waals surface area (Å²) in [5, 5.41) is 19.7. The number of hydrogen-bond donors (Lipinski definition) is 2. The SMILES string of the molecule is Cc1nnc2n1-c1sc(C#Cc3cnn(CCCNc4cccc5c4C(=O)N(C(C)CCC(=O)NC=O)C5=O)c3)c(Cc3ccccc3)c1CO[C@H]2C. The van der Waals surface area contributed by atoms with Crippen molar-refractivity contribution in [3.05, 3.63) is 111 Å². The van der Waals surface area contributed by atoms with Gasteiger partial charge in [-0.2, -0.15) is 5.10 Å². The predicted octanol–water partition coefficient (Wildman–Crippen LogP) is 4.96. The molecular formula is C39H38N8O5S. The number of carbonyl (C=O) groups excluding carboxylic acids is 4. The average Bonchev–Trinajstić information content (AvgIpc) is 3.90. The molecule has 2 atom stereocenters. The van der Waals surface area contributed by atoms with Crippen LogP contribution in [0.1, 0.15) is 98.7 Å². The Hall–Kier alpha value is -5.91. The number of thiophene rings is 1. The second kappa shape index (κ2) is 15.4. The number of benzene rings is 2. The number of anilines is 1. The van der Waals surface area contributed by atoms with Gasteiger partial charge in [-0.25, -0.2) is 0 Å². The highest BCUT2D eigenvalue weighted by Gasteiger charge is 2.40. The number of ether oxygens (including phenoxy) is 1. The molecule has 7 rings (SSSR count). The monoisotopic (exact) mass is 730 g/mol. The van der Waals surface area contributed by atoms with Crippen LogP contribution in [0.3, 0.4) is 0 Å². The van der Waals surface area contributed by atoms with Gasteiger partial charge in [0.2, 0.25) is 12.3 Å². The largest absolute Gasteiger partial charge is 0.384 e. The van der Waals surface area contributed by atoms with Gasteiger partial charge in [0, 0.05) is 43.0 Å². The molecule has 13 nitrogen and oxygen atoms in total. The van der Waals surface area contributed by atoms with Gasteiger partial charge in [0.25, 0.3) is 11.8 Å². The van der Waals surface area contributed by atoms with E-state index in [9.17, 15) is 19.2 Å². The highest BCUT2D eigenvalue weighted by molar-refractivity contribution is 7.15. The van der Waals surface area contributed by atoms with Crippen molar-refractivity contribution in [3.63, 3.8) is 0 Å². The molecule has 2 aromatic carbocycles. The normalized spacial score (nSPS) is 15.2. The molecule has 270 valence electrons. The van der Waals surface area contributed by atoms with E-state index in [4.69, 9.17) is 4.74 Å². The summed E-state index contributed by atoms with van der Waals surface area (Å²) in [6.07, 6.45) is 5.50. The third-order valence-electron chi connectivity index (χ3n) is 9.44. The molecule has 2 aliphatic heterocycles. The topological polar surface area (TPSA) is 153 Å². The molecule has 14 heteroatoms. The first-order valence-corrected chi connectivity index (χ1v) is 18.3. The molecule has 3 aromatic heterocycles. The zero-order chi connectivity index (χ0) is 37.1. The lowest BCUT2D eigenvalue weighted by Gasteiger charge is -2.22. The third-order valence-corrected chi connectivity index (χ3v) is 10.6. The number of nitrogens with zero attached hydrogens (tertiary/aromatic N) is 6. The quantitative estimate of drug-likeness (QED) is 0.0786. The fraction of sp³-hybridized carbons (Fsp3) is 0.308. The van der Waals surface area contributed by atoms with Gasteiger partial charge in [-0.05, 0) is 63.3 Å². The summed E-state index contributed by atoms with van der Waals surface area (Å²) in [7, 11) is 0. The minimum atomic E-state index is -0.515. The van der Waals surface area contributed by atoms with Gasteiger partial charge in [0.1, 0.15) is 16.9 Å². The highest BCUT2D eigenvalue weighted by atomic mass is 32.1. The summed E-state index contributed by atoms with van der Waals surface area (Å²) < 4.78 is 10.2. The molecule has 0 fully saturated rings. The van der Waals surface area contributed by atoms with Crippen LogP contribution in [0.5, 0.6) is 0 Å². The van der Waals surface area contributed by atoms with Crippen LogP contribution in [0.4, 0.5) is 5.69 Å². The van der Waals surface area contributed by atoms with Gasteiger partial charge in [-0.1, -0.05) is 48.2 Å². The van der Waals surface area contributed by atoms with Gasteiger partial charge in [-0.15, -0.1) is 21.5 Å². The van der Waals surface area contributed by atoms with Crippen LogP contribution < -0.4 is 10.6 Å². The number of nitrogens with one attached hydrogen (secondary N) is 2. The van der Waals surface area contributed by atoms with E-state index in [1.54, 1.807) is 42.7 Å². The molecule has 0 bridgehead atoms. The van der Waals surface area contributed by atoms with Gasteiger partial charge < -0.3 is 10.1 Å². The van der Waals surface area contributed by atoms with Crippen LogP contribution >= 0.6 is 11.3 Å². The van der Waals surface area contributed by atoms with Gasteiger partial charge in [0.15, 0.2) is 5.82 Å². The van der Waals surface area contributed by atoms with Crippen LogP contribution in [0.15, 0.2) is 60.9 Å². The lowest BCUT2D eigenvalue weighted by molar-refractivity contribution is -0.125. The smallest absolute Gasteiger partial charge is 0.263 e. The first-order chi connectivity index (χ1) is 25.7. The highest BCUT2D eigenvalue weighted by Crippen LogP contribution is 2.39. The van der Waals surface area contributed by atoms with E-state index in [0.717, 1.165) is 44.6 Å². The van der Waals surface area contributed by atoms with Crippen molar-refractivity contribution in [1.82, 2.24) is 34.8 Å². The van der Waals surface area contributed by atoms with Crippen LogP contribution in [-0.2, 0) is 33.9 Å². The molecule has 0 saturated carbocycles. The lowest BCUT2D eigenvalue weighted by atomic mass is 10.0. The predicted molar refractivity (Wildman–Crippen MR) is 198 cm³/mol. The molecule has 0 spiro atoms. The summed E-state index contributed by atoms with van der Waals surface area (Å²) in [5.74, 6) is 7.11. The number of carbonyl (C=O) groups is 4. The zero-order valence-electron chi connectivity index (χ0n) is 29.6. The Labute approximate surface area is 310 Å². The summed E-state index contributed by atoms with van der Waals surface area (Å²) in [4.78, 5) is 51.0. The lowest BCUT2D eigenvalue weighted by Crippen LogP contribution is -2.38. The fourth-order valence-corrected chi connectivity index (χ4v) is 7.92. The number of rotatable bonds is 12. The van der Waals surface area contributed by atoms with E-state index < -0.39 is 23.8 Å². The van der Waals surface area contributed by atoms with E-state index >= 15 is 0 Å². The van der Waals surface area contributed by atoms with Crippen molar-refractivity contribution < 1.29 is 23.9 Å². The Morgan fingerprint density at radius 3 is 2.75 bits per heavy atom. The molecule has 5 heterocycles. The van der Waals surface area contributed by atoms with E-state index in [0.29, 0.717) is 49.3 Å². The van der Waals surface area contributed by atoms with Crippen molar-refractivity contribution in [2.45, 2.75) is 71.8 Å². The maximum Gasteiger partial charge on any atom is 0.263 e. The molecule has 0 radical (unpaired) electrons. The Morgan fingerprint density at radius 1 is 1.11 bits per heavy atom. The van der Waals surface area contributed by atoms with E-state index in [1.807, 2.05) is 42.9 Å². The van der Waals surface area contributed by atoms with Crippen molar-refractivity contribution in [3.8, 4) is 16.8 Å². The second-order valence-electron chi connectivity index (χ2n) is 13.1. The molecular weight excluding hydrogens is 693 g/mol. The van der Waals surface area contributed by atoms with Crippen LogP contribution in [0.25, 0.3) is 5.00 Å². The molecule has 2 N–H and O–H groups in total.